The Morgan fingerprint density at radius 3 is 2.67 bits per heavy atom. The van der Waals surface area contributed by atoms with Crippen molar-refractivity contribution < 1.29 is 18.8 Å². The molecule has 1 N–H and O–H groups in total. The minimum atomic E-state index is -0.706. The number of anilines is 1. The van der Waals surface area contributed by atoms with E-state index < -0.39 is 34.5 Å². The number of nitro benzene ring substituents is 1. The fourth-order valence-electron chi connectivity index (χ4n) is 3.72. The lowest BCUT2D eigenvalue weighted by molar-refractivity contribution is -0.385. The molecule has 0 aliphatic rings. The van der Waals surface area contributed by atoms with Crippen LogP contribution in [0.2, 0.25) is 5.02 Å². The Morgan fingerprint density at radius 1 is 1.27 bits per heavy atom. The molecule has 1 atom stereocenters. The van der Waals surface area contributed by atoms with Crippen LogP contribution in [0.15, 0.2) is 69.0 Å². The number of nitrogens with one attached hydrogen (secondary N) is 1. The predicted octanol–water partition coefficient (Wildman–Crippen LogP) is 6.27. The summed E-state index contributed by atoms with van der Waals surface area (Å²) in [5, 5.41) is 18.8. The molecule has 1 heterocycles. The number of fused-ring (bicyclic) bond motifs is 1. The van der Waals surface area contributed by atoms with Gasteiger partial charge in [0, 0.05) is 27.7 Å². The Balaban J connectivity index is 1.64. The van der Waals surface area contributed by atoms with Gasteiger partial charge in [-0.25, -0.2) is 9.37 Å². The molecule has 0 radical (unpaired) electrons. The van der Waals surface area contributed by atoms with E-state index in [1.165, 1.54) is 47.3 Å². The lowest BCUT2D eigenvalue weighted by Crippen LogP contribution is -2.23. The van der Waals surface area contributed by atoms with Crippen molar-refractivity contribution in [2.45, 2.75) is 26.2 Å². The maximum atomic E-state index is 13.3. The summed E-state index contributed by atoms with van der Waals surface area (Å²) >= 11 is 9.66. The third-order valence-corrected chi connectivity index (χ3v) is 6.70. The van der Waals surface area contributed by atoms with Gasteiger partial charge in [0.2, 0.25) is 5.75 Å². The number of hydrogen-bond donors (Lipinski definition) is 1. The van der Waals surface area contributed by atoms with Crippen LogP contribution < -0.4 is 15.6 Å². The topological polar surface area (TPSA) is 129 Å². The summed E-state index contributed by atoms with van der Waals surface area (Å²) in [7, 11) is 0. The largest absolute Gasteiger partial charge is 0.476 e. The minimum Gasteiger partial charge on any atom is -0.476 e. The van der Waals surface area contributed by atoms with E-state index in [0.717, 1.165) is 0 Å². The molecule has 0 saturated heterocycles. The summed E-state index contributed by atoms with van der Waals surface area (Å²) in [4.78, 5) is 41.3. The average molecular weight is 631 g/mol. The van der Waals surface area contributed by atoms with E-state index in [1.807, 2.05) is 13.8 Å². The Morgan fingerprint density at radius 2 is 2.00 bits per heavy atom. The van der Waals surface area contributed by atoms with Crippen LogP contribution in [-0.2, 0) is 4.79 Å². The van der Waals surface area contributed by atoms with Crippen LogP contribution in [0.5, 0.6) is 5.75 Å². The highest BCUT2D eigenvalue weighted by atomic mass is 79.9. The van der Waals surface area contributed by atoms with Gasteiger partial charge in [-0.3, -0.25) is 19.7 Å². The van der Waals surface area contributed by atoms with E-state index in [-0.39, 0.29) is 22.3 Å². The number of nitrogens with zero attached hydrogens (tertiary/aromatic N) is 4. The minimum absolute atomic E-state index is 0.104. The third-order valence-electron chi connectivity index (χ3n) is 5.93. The molecule has 0 unspecified atom stereocenters. The molecule has 13 heteroatoms. The van der Waals surface area contributed by atoms with Gasteiger partial charge in [0.15, 0.2) is 6.61 Å². The number of benzene rings is 3. The lowest BCUT2D eigenvalue weighted by Gasteiger charge is -2.14. The molecule has 10 nitrogen and oxygen atoms in total. The van der Waals surface area contributed by atoms with Crippen LogP contribution in [0.3, 0.4) is 0 Å². The van der Waals surface area contributed by atoms with Crippen molar-refractivity contribution in [3.8, 4) is 5.75 Å². The Labute approximate surface area is 240 Å². The van der Waals surface area contributed by atoms with Crippen molar-refractivity contribution in [2.24, 2.45) is 5.10 Å². The number of halogens is 3. The van der Waals surface area contributed by atoms with Crippen LogP contribution >= 0.6 is 27.5 Å². The molecule has 0 fully saturated rings. The molecule has 1 aromatic heterocycles. The van der Waals surface area contributed by atoms with Gasteiger partial charge in [0.05, 0.1) is 27.1 Å². The molecule has 3 aromatic carbocycles. The molecule has 0 spiro atoms. The second-order valence-electron chi connectivity index (χ2n) is 8.75. The van der Waals surface area contributed by atoms with Crippen molar-refractivity contribution in [2.75, 3.05) is 11.9 Å². The lowest BCUT2D eigenvalue weighted by atomic mass is 10.1. The summed E-state index contributed by atoms with van der Waals surface area (Å²) < 4.78 is 20.3. The maximum absolute atomic E-state index is 13.3. The average Bonchev–Trinajstić information content (AvgIpc) is 2.92. The number of ether oxygens (including phenoxy) is 1. The van der Waals surface area contributed by atoms with Crippen molar-refractivity contribution in [3.05, 3.63) is 102 Å². The highest BCUT2D eigenvalue weighted by Gasteiger charge is 2.22. The first-order valence-corrected chi connectivity index (χ1v) is 13.2. The van der Waals surface area contributed by atoms with E-state index >= 15 is 0 Å². The van der Waals surface area contributed by atoms with Crippen LogP contribution in [0, 0.1) is 15.9 Å². The van der Waals surface area contributed by atoms with Gasteiger partial charge in [0.25, 0.3) is 11.5 Å². The van der Waals surface area contributed by atoms with Crippen molar-refractivity contribution in [3.63, 3.8) is 0 Å². The van der Waals surface area contributed by atoms with Crippen molar-refractivity contribution in [1.29, 1.82) is 0 Å². The highest BCUT2D eigenvalue weighted by molar-refractivity contribution is 9.10. The van der Waals surface area contributed by atoms with E-state index in [2.05, 4.69) is 31.3 Å². The summed E-state index contributed by atoms with van der Waals surface area (Å²) in [6, 6.07) is 12.8. The summed E-state index contributed by atoms with van der Waals surface area (Å²) in [6.45, 7) is 3.29. The molecule has 0 aliphatic carbocycles. The number of amides is 1. The first kappa shape index (κ1) is 28.8. The van der Waals surface area contributed by atoms with Crippen molar-refractivity contribution >= 4 is 61.9 Å². The number of aromatic nitrogens is 2. The Hall–Kier alpha value is -4.16. The quantitative estimate of drug-likeness (QED) is 0.132. The number of hydrogen-bond acceptors (Lipinski definition) is 7. The molecule has 206 valence electrons. The van der Waals surface area contributed by atoms with Crippen LogP contribution in [-0.4, -0.2) is 33.3 Å². The normalized spacial score (nSPS) is 12.0. The van der Waals surface area contributed by atoms with Gasteiger partial charge in [0.1, 0.15) is 11.6 Å². The zero-order valence-electron chi connectivity index (χ0n) is 21.2. The zero-order valence-corrected chi connectivity index (χ0v) is 23.6. The van der Waals surface area contributed by atoms with Crippen LogP contribution in [0.4, 0.5) is 15.8 Å². The van der Waals surface area contributed by atoms with Crippen LogP contribution in [0.1, 0.15) is 37.6 Å². The van der Waals surface area contributed by atoms with E-state index in [4.69, 9.17) is 16.3 Å². The van der Waals surface area contributed by atoms with E-state index in [1.54, 1.807) is 18.2 Å². The van der Waals surface area contributed by atoms with E-state index in [9.17, 15) is 24.1 Å². The number of rotatable bonds is 9. The molecule has 0 bridgehead atoms. The number of carbonyl (C=O) groups is 1. The first-order valence-electron chi connectivity index (χ1n) is 12.0. The Bertz CT molecular complexity index is 1690. The second-order valence-corrected chi connectivity index (χ2v) is 10.1. The monoisotopic (exact) mass is 629 g/mol. The zero-order chi connectivity index (χ0) is 29.0. The van der Waals surface area contributed by atoms with Gasteiger partial charge in [-0.2, -0.15) is 9.78 Å². The summed E-state index contributed by atoms with van der Waals surface area (Å²) in [5.74, 6) is -1.08. The molecule has 0 aliphatic heterocycles. The second kappa shape index (κ2) is 12.3. The number of nitro groups is 1. The first-order chi connectivity index (χ1) is 19.1. The molecule has 4 rings (SSSR count). The van der Waals surface area contributed by atoms with Gasteiger partial charge >= 0.3 is 5.69 Å². The molecular formula is C27H22BrClFN5O5. The molecular weight excluding hydrogens is 609 g/mol. The predicted molar refractivity (Wildman–Crippen MR) is 154 cm³/mol. The molecule has 0 saturated carbocycles. The molecule has 4 aromatic rings. The fraction of sp³-hybridized carbons (Fsp3) is 0.185. The number of carbonyl (C=O) groups excluding carboxylic acids is 1. The maximum Gasteiger partial charge on any atom is 0.313 e. The smallest absolute Gasteiger partial charge is 0.313 e. The van der Waals surface area contributed by atoms with Gasteiger partial charge in [-0.05, 0) is 55.0 Å². The van der Waals surface area contributed by atoms with Gasteiger partial charge in [-0.1, -0.05) is 41.4 Å². The van der Waals surface area contributed by atoms with Crippen LogP contribution in [0.25, 0.3) is 10.9 Å². The van der Waals surface area contributed by atoms with E-state index in [0.29, 0.717) is 33.3 Å². The summed E-state index contributed by atoms with van der Waals surface area (Å²) in [5.41, 5.74) is 0.170. The third kappa shape index (κ3) is 6.52. The fourth-order valence-corrected chi connectivity index (χ4v) is 4.36. The standard InChI is InChI=1S/C27H22BrClFN5O5/c1-3-15(2)26-33-22-9-4-17(28)12-20(22)27(37)34(26)31-13-16-10-21(29)25(23(11-16)35(38)39)40-14-24(36)32-19-7-5-18(30)6-8-19/h4-13,15H,3,14H2,1-2H3,(H,32,36)/t15-/m1/s1. The SMILES string of the molecule is CC[C@@H](C)c1nc2ccc(Br)cc2c(=O)n1N=Cc1cc(Cl)c(OCC(=O)Nc2ccc(F)cc2)c([N+](=O)[O-])c1. The summed E-state index contributed by atoms with van der Waals surface area (Å²) in [6.07, 6.45) is 1.96. The molecule has 1 amide bonds. The van der Waals surface area contributed by atoms with Gasteiger partial charge < -0.3 is 10.1 Å². The van der Waals surface area contributed by atoms with Crippen molar-refractivity contribution in [1.82, 2.24) is 9.66 Å². The molecule has 40 heavy (non-hydrogen) atoms. The highest BCUT2D eigenvalue weighted by Crippen LogP contribution is 2.36. The Kier molecular flexibility index (Phi) is 8.90. The van der Waals surface area contributed by atoms with Gasteiger partial charge in [-0.15, -0.1) is 0 Å².